The van der Waals surface area contributed by atoms with Crippen LogP contribution in [0.4, 0.5) is 0 Å². The third kappa shape index (κ3) is 3.84. The highest BCUT2D eigenvalue weighted by Gasteiger charge is 2.59. The molecule has 1 unspecified atom stereocenters. The average molecular weight is 445 g/mol. The van der Waals surface area contributed by atoms with E-state index >= 15 is 0 Å². The molecule has 0 amide bonds. The highest BCUT2D eigenvalue weighted by Crippen LogP contribution is 2.67. The summed E-state index contributed by atoms with van der Waals surface area (Å²) in [5.41, 5.74) is 2.46. The molecule has 0 saturated heterocycles. The Balaban J connectivity index is 1.48. The van der Waals surface area contributed by atoms with E-state index in [2.05, 4.69) is 47.6 Å². The van der Waals surface area contributed by atoms with Gasteiger partial charge in [-0.1, -0.05) is 53.2 Å². The first-order valence-corrected chi connectivity index (χ1v) is 14.0. The average Bonchev–Trinajstić information content (AvgIpc) is 3.09. The molecule has 0 radical (unpaired) electrons. The van der Waals surface area contributed by atoms with Gasteiger partial charge in [-0.2, -0.15) is 0 Å². The van der Waals surface area contributed by atoms with E-state index in [4.69, 9.17) is 0 Å². The molecule has 2 heteroatoms. The van der Waals surface area contributed by atoms with Gasteiger partial charge in [0.1, 0.15) is 0 Å². The summed E-state index contributed by atoms with van der Waals surface area (Å²) in [6, 6.07) is 0. The fraction of sp³-hybridized carbons (Fsp3) is 0.933. The van der Waals surface area contributed by atoms with Crippen LogP contribution >= 0.6 is 0 Å². The molecular weight excluding hydrogens is 392 g/mol. The fourth-order valence-corrected chi connectivity index (χ4v) is 9.34. The molecule has 0 aromatic heterocycles. The van der Waals surface area contributed by atoms with Crippen LogP contribution in [0.25, 0.3) is 0 Å². The van der Waals surface area contributed by atoms with Crippen LogP contribution in [0.3, 0.4) is 0 Å². The molecule has 3 saturated carbocycles. The largest absolute Gasteiger partial charge is 0.393 e. The van der Waals surface area contributed by atoms with Crippen molar-refractivity contribution in [3.63, 3.8) is 0 Å². The summed E-state index contributed by atoms with van der Waals surface area (Å²) >= 11 is 0. The summed E-state index contributed by atoms with van der Waals surface area (Å²) in [6.07, 6.45) is 14.6. The maximum Gasteiger partial charge on any atom is 0.0577 e. The van der Waals surface area contributed by atoms with Crippen molar-refractivity contribution in [3.8, 4) is 0 Å². The fourth-order valence-electron chi connectivity index (χ4n) is 9.34. The van der Waals surface area contributed by atoms with E-state index in [0.29, 0.717) is 16.7 Å². The van der Waals surface area contributed by atoms with Crippen molar-refractivity contribution in [1.82, 2.24) is 0 Å². The molecular formula is C30H52O2. The Morgan fingerprint density at radius 1 is 1.03 bits per heavy atom. The summed E-state index contributed by atoms with van der Waals surface area (Å²) in [4.78, 5) is 0. The minimum absolute atomic E-state index is 0.0233. The maximum atomic E-state index is 10.5. The van der Waals surface area contributed by atoms with Crippen LogP contribution in [0.2, 0.25) is 0 Å². The zero-order valence-corrected chi connectivity index (χ0v) is 22.2. The zero-order valence-electron chi connectivity index (χ0n) is 22.2. The van der Waals surface area contributed by atoms with Gasteiger partial charge < -0.3 is 10.2 Å². The molecule has 3 fully saturated rings. The molecule has 0 spiro atoms. The van der Waals surface area contributed by atoms with E-state index in [0.717, 1.165) is 48.9 Å². The number of fused-ring (bicyclic) bond motifs is 5. The first-order chi connectivity index (χ1) is 14.9. The van der Waals surface area contributed by atoms with Crippen molar-refractivity contribution >= 4 is 0 Å². The van der Waals surface area contributed by atoms with Crippen LogP contribution < -0.4 is 0 Å². The van der Waals surface area contributed by atoms with Crippen LogP contribution in [0.15, 0.2) is 11.6 Å². The summed E-state index contributed by atoms with van der Waals surface area (Å²) in [6.45, 7) is 16.6. The topological polar surface area (TPSA) is 40.5 Å². The van der Waals surface area contributed by atoms with E-state index < -0.39 is 0 Å². The lowest BCUT2D eigenvalue weighted by molar-refractivity contribution is -0.0594. The van der Waals surface area contributed by atoms with Gasteiger partial charge in [0.15, 0.2) is 0 Å². The number of rotatable bonds is 6. The summed E-state index contributed by atoms with van der Waals surface area (Å²) in [5.74, 6) is 4.66. The monoisotopic (exact) mass is 444 g/mol. The van der Waals surface area contributed by atoms with Crippen molar-refractivity contribution in [1.29, 1.82) is 0 Å². The summed E-state index contributed by atoms with van der Waals surface area (Å²) < 4.78 is 0. The van der Waals surface area contributed by atoms with Crippen LogP contribution in [0, 0.1) is 51.8 Å². The van der Waals surface area contributed by atoms with Crippen molar-refractivity contribution in [2.45, 2.75) is 125 Å². The number of aliphatic hydroxyl groups excluding tert-OH is 2. The van der Waals surface area contributed by atoms with Gasteiger partial charge in [-0.05, 0) is 123 Å². The Labute approximate surface area is 198 Å². The SMILES string of the molecule is CC(C)[C@](C)(CC[C@@H](C)[C@H]1CC[C@H]2[C@@H]3CC=C4C[C@@H](O)CC[C@]4(C)[C@H]3CC[C@]12C)C(C)O. The van der Waals surface area contributed by atoms with Gasteiger partial charge in [0.05, 0.1) is 12.2 Å². The molecule has 0 aliphatic heterocycles. The second kappa shape index (κ2) is 8.71. The number of allylic oxidation sites excluding steroid dienone is 1. The quantitative estimate of drug-likeness (QED) is 0.419. The van der Waals surface area contributed by atoms with Gasteiger partial charge in [-0.15, -0.1) is 0 Å². The molecule has 0 aromatic carbocycles. The molecule has 0 bridgehead atoms. The molecule has 10 atom stereocenters. The minimum Gasteiger partial charge on any atom is -0.393 e. The zero-order chi connectivity index (χ0) is 23.5. The Kier molecular flexibility index (Phi) is 6.74. The second-order valence-electron chi connectivity index (χ2n) is 13.7. The van der Waals surface area contributed by atoms with Gasteiger partial charge in [0.2, 0.25) is 0 Å². The Hall–Kier alpha value is -0.340. The Morgan fingerprint density at radius 2 is 1.75 bits per heavy atom. The second-order valence-corrected chi connectivity index (χ2v) is 13.7. The number of hydrogen-bond donors (Lipinski definition) is 2. The van der Waals surface area contributed by atoms with Crippen LogP contribution in [0.1, 0.15) is 113 Å². The molecule has 184 valence electrons. The maximum absolute atomic E-state index is 10.5. The first-order valence-electron chi connectivity index (χ1n) is 14.0. The first kappa shape index (κ1) is 24.8. The molecule has 0 heterocycles. The number of hydrogen-bond acceptors (Lipinski definition) is 2. The normalized spacial score (nSPS) is 45.3. The minimum atomic E-state index is -0.241. The van der Waals surface area contributed by atoms with E-state index in [9.17, 15) is 10.2 Å². The standard InChI is InChI=1S/C30H52O2/c1-19(2)28(5,21(4)31)15-12-20(3)25-10-11-26-24-9-8-22-18-23(32)13-16-29(22,6)27(24)14-17-30(25,26)7/h8,19-21,23-27,31-32H,9-18H2,1-7H3/t20-,21?,23+,24+,25-,26+,27+,28+,29+,30-/m1/s1. The van der Waals surface area contributed by atoms with Crippen molar-refractivity contribution in [3.05, 3.63) is 11.6 Å². The van der Waals surface area contributed by atoms with Crippen molar-refractivity contribution < 1.29 is 10.2 Å². The van der Waals surface area contributed by atoms with Gasteiger partial charge >= 0.3 is 0 Å². The van der Waals surface area contributed by atoms with Crippen molar-refractivity contribution in [2.75, 3.05) is 0 Å². The van der Waals surface area contributed by atoms with Gasteiger partial charge in [0.25, 0.3) is 0 Å². The third-order valence-corrected chi connectivity index (χ3v) is 12.2. The van der Waals surface area contributed by atoms with E-state index in [1.807, 2.05) is 6.92 Å². The summed E-state index contributed by atoms with van der Waals surface area (Å²) in [5, 5.41) is 20.8. The third-order valence-electron chi connectivity index (χ3n) is 12.2. The van der Waals surface area contributed by atoms with Crippen molar-refractivity contribution in [2.24, 2.45) is 51.8 Å². The molecule has 0 aromatic rings. The Bertz CT molecular complexity index is 700. The number of aliphatic hydroxyl groups is 2. The molecule has 4 rings (SSSR count). The Morgan fingerprint density at radius 3 is 2.41 bits per heavy atom. The van der Waals surface area contributed by atoms with Gasteiger partial charge in [-0.25, -0.2) is 0 Å². The highest BCUT2D eigenvalue weighted by atomic mass is 16.3. The van der Waals surface area contributed by atoms with Crippen LogP contribution in [0.5, 0.6) is 0 Å². The summed E-state index contributed by atoms with van der Waals surface area (Å²) in [7, 11) is 0. The van der Waals surface area contributed by atoms with Gasteiger partial charge in [0, 0.05) is 0 Å². The predicted molar refractivity (Wildman–Crippen MR) is 134 cm³/mol. The lowest BCUT2D eigenvalue weighted by atomic mass is 9.47. The van der Waals surface area contributed by atoms with Crippen LogP contribution in [-0.4, -0.2) is 22.4 Å². The van der Waals surface area contributed by atoms with Crippen LogP contribution in [-0.2, 0) is 0 Å². The van der Waals surface area contributed by atoms with E-state index in [1.54, 1.807) is 5.57 Å². The van der Waals surface area contributed by atoms with Gasteiger partial charge in [-0.3, -0.25) is 0 Å². The lowest BCUT2D eigenvalue weighted by Gasteiger charge is -2.58. The smallest absolute Gasteiger partial charge is 0.0577 e. The predicted octanol–water partition coefficient (Wildman–Crippen LogP) is 7.39. The molecule has 4 aliphatic rings. The molecule has 4 aliphatic carbocycles. The van der Waals surface area contributed by atoms with E-state index in [-0.39, 0.29) is 17.6 Å². The highest BCUT2D eigenvalue weighted by molar-refractivity contribution is 5.25. The molecule has 2 nitrogen and oxygen atoms in total. The molecule has 32 heavy (non-hydrogen) atoms. The molecule has 2 N–H and O–H groups in total. The lowest BCUT2D eigenvalue weighted by Crippen LogP contribution is -2.50. The van der Waals surface area contributed by atoms with E-state index in [1.165, 1.54) is 44.9 Å².